The van der Waals surface area contributed by atoms with Crippen LogP contribution in [-0.4, -0.2) is 97.6 Å². The maximum atomic E-state index is 16.3. The summed E-state index contributed by atoms with van der Waals surface area (Å²) >= 11 is 6.73. The zero-order chi connectivity index (χ0) is 32.7. The molecule has 13 heteroatoms. The molecule has 0 radical (unpaired) electrons. The molecular weight excluding hydrogens is 623 g/mol. The third kappa shape index (κ3) is 5.08. The van der Waals surface area contributed by atoms with E-state index in [4.69, 9.17) is 31.0 Å². The number of anilines is 1. The summed E-state index contributed by atoms with van der Waals surface area (Å²) in [4.78, 5) is 34.7. The van der Waals surface area contributed by atoms with Crippen molar-refractivity contribution in [2.24, 2.45) is 11.8 Å². The van der Waals surface area contributed by atoms with E-state index in [9.17, 15) is 4.79 Å². The Morgan fingerprint density at radius 2 is 2.06 bits per heavy atom. The second-order valence-corrected chi connectivity index (χ2v) is 15.3. The first-order valence-electron chi connectivity index (χ1n) is 17.2. The molecule has 1 spiro atoms. The van der Waals surface area contributed by atoms with Gasteiger partial charge in [-0.25, -0.2) is 14.2 Å². The Kier molecular flexibility index (Phi) is 7.64. The fourth-order valence-corrected chi connectivity index (χ4v) is 9.70. The van der Waals surface area contributed by atoms with Gasteiger partial charge < -0.3 is 19.3 Å². The first kappa shape index (κ1) is 31.2. The molecule has 5 fully saturated rings. The number of halogens is 2. The Bertz CT molecular complexity index is 1720. The molecule has 0 N–H and O–H groups in total. The number of methoxy groups -OCH3 is 1. The summed E-state index contributed by atoms with van der Waals surface area (Å²) in [5.74, 6) is 1.65. The number of likely N-dealkylation sites (tertiary alicyclic amines) is 1. The summed E-state index contributed by atoms with van der Waals surface area (Å²) in [6.45, 7) is 9.72. The predicted octanol–water partition coefficient (Wildman–Crippen LogP) is 5.64. The molecule has 4 aliphatic heterocycles. The normalized spacial score (nSPS) is 29.9. The van der Waals surface area contributed by atoms with E-state index in [1.54, 1.807) is 13.2 Å². The van der Waals surface area contributed by atoms with Crippen molar-refractivity contribution in [3.05, 3.63) is 34.6 Å². The SMILES string of the molecule is CCC1CN(C(=O)n2cnc(COC)n2)[C@]2(CCN(c3nc(OC[C@]45CCCN4C4CC4C5)nc4c(F)c(C(C)C)c(Cl)cc34)C2)C1. The monoisotopic (exact) mass is 666 g/mol. The van der Waals surface area contributed by atoms with Gasteiger partial charge in [-0.05, 0) is 68.9 Å². The molecule has 2 aromatic heterocycles. The van der Waals surface area contributed by atoms with E-state index in [1.807, 2.05) is 18.7 Å². The minimum Gasteiger partial charge on any atom is -0.461 e. The second-order valence-electron chi connectivity index (χ2n) is 14.8. The number of amides is 1. The lowest BCUT2D eigenvalue weighted by molar-refractivity contribution is 0.0867. The highest BCUT2D eigenvalue weighted by molar-refractivity contribution is 6.32. The summed E-state index contributed by atoms with van der Waals surface area (Å²) < 4.78 is 29.3. The van der Waals surface area contributed by atoms with Crippen molar-refractivity contribution in [1.29, 1.82) is 0 Å². The Morgan fingerprint density at radius 3 is 2.85 bits per heavy atom. The maximum Gasteiger partial charge on any atom is 0.346 e. The maximum absolute atomic E-state index is 16.3. The average Bonchev–Trinajstić information content (AvgIpc) is 3.58. The molecule has 3 unspecified atom stereocenters. The van der Waals surface area contributed by atoms with Crippen LogP contribution in [0.1, 0.15) is 83.0 Å². The second kappa shape index (κ2) is 11.5. The third-order valence-electron chi connectivity index (χ3n) is 11.6. The largest absolute Gasteiger partial charge is 0.461 e. The summed E-state index contributed by atoms with van der Waals surface area (Å²) in [6.07, 6.45) is 8.77. The smallest absolute Gasteiger partial charge is 0.346 e. The van der Waals surface area contributed by atoms with E-state index in [1.165, 1.54) is 23.9 Å². The topological polar surface area (TPSA) is 102 Å². The molecule has 0 bridgehead atoms. The van der Waals surface area contributed by atoms with Crippen molar-refractivity contribution < 1.29 is 18.7 Å². The fraction of sp³-hybridized carbons (Fsp3) is 0.676. The Balaban J connectivity index is 1.14. The molecule has 252 valence electrons. The molecular formula is C34H44ClFN8O3. The highest BCUT2D eigenvalue weighted by Crippen LogP contribution is 2.57. The lowest BCUT2D eigenvalue weighted by atomic mass is 9.90. The van der Waals surface area contributed by atoms with Crippen LogP contribution in [0.15, 0.2) is 12.4 Å². The number of carbonyl (C=O) groups is 1. The van der Waals surface area contributed by atoms with Crippen LogP contribution < -0.4 is 9.64 Å². The van der Waals surface area contributed by atoms with Gasteiger partial charge >= 0.3 is 12.0 Å². The Morgan fingerprint density at radius 1 is 1.21 bits per heavy atom. The third-order valence-corrected chi connectivity index (χ3v) is 11.9. The van der Waals surface area contributed by atoms with Crippen LogP contribution in [0.3, 0.4) is 0 Å². The number of fused-ring (bicyclic) bond motifs is 4. The van der Waals surface area contributed by atoms with Gasteiger partial charge in [0.15, 0.2) is 11.6 Å². The quantitative estimate of drug-likeness (QED) is 0.302. The van der Waals surface area contributed by atoms with Crippen LogP contribution in [0.25, 0.3) is 10.9 Å². The average molecular weight is 667 g/mol. The van der Waals surface area contributed by atoms with Crippen molar-refractivity contribution in [2.75, 3.05) is 44.8 Å². The Hall–Kier alpha value is -3.09. The molecule has 1 aromatic carbocycles. The van der Waals surface area contributed by atoms with Crippen molar-refractivity contribution in [3.63, 3.8) is 0 Å². The van der Waals surface area contributed by atoms with E-state index in [0.29, 0.717) is 65.8 Å². The van der Waals surface area contributed by atoms with Gasteiger partial charge in [-0.2, -0.15) is 14.6 Å². The number of carbonyl (C=O) groups excluding carboxylic acids is 1. The molecule has 11 nitrogen and oxygen atoms in total. The van der Waals surface area contributed by atoms with Crippen LogP contribution in [0.5, 0.6) is 6.01 Å². The molecule has 4 saturated heterocycles. The molecule has 1 aliphatic carbocycles. The first-order chi connectivity index (χ1) is 22.6. The molecule has 3 aromatic rings. The minimum atomic E-state index is -0.433. The van der Waals surface area contributed by atoms with Gasteiger partial charge in [-0.3, -0.25) is 4.90 Å². The van der Waals surface area contributed by atoms with E-state index >= 15 is 4.39 Å². The van der Waals surface area contributed by atoms with Gasteiger partial charge in [0, 0.05) is 48.8 Å². The van der Waals surface area contributed by atoms with Crippen molar-refractivity contribution in [2.45, 2.75) is 95.4 Å². The van der Waals surface area contributed by atoms with Crippen LogP contribution >= 0.6 is 11.6 Å². The van der Waals surface area contributed by atoms with E-state index in [2.05, 4.69) is 26.8 Å². The number of ether oxygens (including phenoxy) is 2. The van der Waals surface area contributed by atoms with Gasteiger partial charge in [-0.1, -0.05) is 38.8 Å². The van der Waals surface area contributed by atoms with Gasteiger partial charge in [-0.15, -0.1) is 5.10 Å². The van der Waals surface area contributed by atoms with Crippen molar-refractivity contribution in [1.82, 2.24) is 34.5 Å². The fourth-order valence-electron chi connectivity index (χ4n) is 9.29. The summed E-state index contributed by atoms with van der Waals surface area (Å²) in [5.41, 5.74) is 0.268. The van der Waals surface area contributed by atoms with Crippen LogP contribution in [0, 0.1) is 17.7 Å². The molecule has 6 heterocycles. The summed E-state index contributed by atoms with van der Waals surface area (Å²) in [7, 11) is 1.58. The summed E-state index contributed by atoms with van der Waals surface area (Å²) in [6, 6.07) is 2.50. The van der Waals surface area contributed by atoms with Crippen molar-refractivity contribution in [3.8, 4) is 6.01 Å². The molecule has 5 atom stereocenters. The highest BCUT2D eigenvalue weighted by Gasteiger charge is 2.61. The van der Waals surface area contributed by atoms with E-state index in [0.717, 1.165) is 44.6 Å². The number of aromatic nitrogens is 5. The van der Waals surface area contributed by atoms with E-state index in [-0.39, 0.29) is 35.6 Å². The van der Waals surface area contributed by atoms with Gasteiger partial charge in [0.1, 0.15) is 30.9 Å². The van der Waals surface area contributed by atoms with Crippen LogP contribution in [-0.2, 0) is 11.3 Å². The molecule has 1 amide bonds. The Labute approximate surface area is 279 Å². The number of hydrogen-bond donors (Lipinski definition) is 0. The standard InChI is InChI=1S/C34H44ClFN8O3/c1-5-21-13-33(43(15-21)32(45)44-19-37-26(40-44)16-46-4)8-10-41(17-33)30-23-12-24(35)27(20(2)3)28(36)29(23)38-31(39-30)47-18-34-7-6-9-42(34)25-11-22(25)14-34/h12,19-22,25H,5-11,13-18H2,1-4H3/t21?,22?,25?,33-,34-/m1/s1. The van der Waals surface area contributed by atoms with Crippen LogP contribution in [0.4, 0.5) is 15.0 Å². The van der Waals surface area contributed by atoms with E-state index < -0.39 is 11.4 Å². The van der Waals surface area contributed by atoms with Gasteiger partial charge in [0.2, 0.25) is 0 Å². The number of rotatable bonds is 8. The number of benzene rings is 1. The molecule has 47 heavy (non-hydrogen) atoms. The number of nitrogens with zero attached hydrogens (tertiary/aromatic N) is 8. The minimum absolute atomic E-state index is 0.0236. The highest BCUT2D eigenvalue weighted by atomic mass is 35.5. The lowest BCUT2D eigenvalue weighted by Gasteiger charge is -2.35. The van der Waals surface area contributed by atoms with Crippen LogP contribution in [0.2, 0.25) is 5.02 Å². The summed E-state index contributed by atoms with van der Waals surface area (Å²) in [5, 5.41) is 5.31. The first-order valence-corrected chi connectivity index (χ1v) is 17.6. The lowest BCUT2D eigenvalue weighted by Crippen LogP contribution is -2.50. The molecule has 1 saturated carbocycles. The number of hydrogen-bond acceptors (Lipinski definition) is 9. The predicted molar refractivity (Wildman–Crippen MR) is 175 cm³/mol. The van der Waals surface area contributed by atoms with Crippen molar-refractivity contribution >= 4 is 34.4 Å². The zero-order valence-electron chi connectivity index (χ0n) is 27.7. The molecule has 5 aliphatic rings. The van der Waals surface area contributed by atoms with Gasteiger partial charge in [0.05, 0.1) is 11.1 Å². The number of piperidine rings is 1. The zero-order valence-corrected chi connectivity index (χ0v) is 28.5. The van der Waals surface area contributed by atoms with Gasteiger partial charge in [0.25, 0.3) is 0 Å². The molecule has 8 rings (SSSR count).